The molecule has 2 N–H and O–H groups in total. The van der Waals surface area contributed by atoms with Crippen LogP contribution in [0.15, 0.2) is 36.4 Å². The first-order valence-electron chi connectivity index (χ1n) is 8.78. The number of hydrogen-bond donors (Lipinski definition) is 2. The Labute approximate surface area is 188 Å². The number of carbonyl (C=O) groups excluding carboxylic acids is 2. The van der Waals surface area contributed by atoms with E-state index < -0.39 is 0 Å². The molecule has 1 fully saturated rings. The summed E-state index contributed by atoms with van der Waals surface area (Å²) in [6, 6.07) is 8.94. The Morgan fingerprint density at radius 2 is 1.38 bits per heavy atom. The monoisotopic (exact) mass is 474 g/mol. The van der Waals surface area contributed by atoms with Gasteiger partial charge in [0.2, 0.25) is 0 Å². The molecule has 0 spiro atoms. The highest BCUT2D eigenvalue weighted by Gasteiger charge is 2.30. The number of rotatable bonds is 2. The van der Waals surface area contributed by atoms with E-state index in [1.54, 1.807) is 46.2 Å². The van der Waals surface area contributed by atoms with Gasteiger partial charge in [0.25, 0.3) is 0 Å². The molecule has 1 aliphatic rings. The van der Waals surface area contributed by atoms with E-state index in [1.807, 2.05) is 6.92 Å². The fourth-order valence-corrected chi connectivity index (χ4v) is 3.92. The van der Waals surface area contributed by atoms with Crippen molar-refractivity contribution in [1.82, 2.24) is 9.80 Å². The van der Waals surface area contributed by atoms with Crippen LogP contribution in [0.25, 0.3) is 0 Å². The van der Waals surface area contributed by atoms with Gasteiger partial charge in [-0.15, -0.1) is 0 Å². The van der Waals surface area contributed by atoms with E-state index in [1.165, 1.54) is 0 Å². The van der Waals surface area contributed by atoms with E-state index in [-0.39, 0.29) is 18.1 Å². The van der Waals surface area contributed by atoms with Crippen molar-refractivity contribution in [2.24, 2.45) is 0 Å². The second kappa shape index (κ2) is 9.30. The van der Waals surface area contributed by atoms with Crippen LogP contribution in [0.1, 0.15) is 6.92 Å². The fourth-order valence-electron chi connectivity index (χ4n) is 3.01. The third-order valence-corrected chi connectivity index (χ3v) is 5.62. The normalized spacial score (nSPS) is 16.5. The number of halogens is 4. The number of nitrogens with one attached hydrogen (secondary N) is 2. The Hall–Kier alpha value is -1.86. The quantitative estimate of drug-likeness (QED) is 0.553. The summed E-state index contributed by atoms with van der Waals surface area (Å²) in [4.78, 5) is 28.5. The van der Waals surface area contributed by atoms with Gasteiger partial charge >= 0.3 is 12.1 Å². The highest BCUT2D eigenvalue weighted by molar-refractivity contribution is 6.37. The molecule has 0 aromatic heterocycles. The SMILES string of the molecule is C[C@H]1CN(C(=O)Nc2ccc(Cl)cc2Cl)CCN1C(=O)Nc1ccc(Cl)cc1Cl. The van der Waals surface area contributed by atoms with E-state index in [9.17, 15) is 9.59 Å². The first-order valence-corrected chi connectivity index (χ1v) is 10.3. The number of nitrogens with zero attached hydrogens (tertiary/aromatic N) is 2. The molecule has 154 valence electrons. The minimum Gasteiger partial charge on any atom is -0.321 e. The molecule has 10 heteroatoms. The molecule has 1 saturated heterocycles. The van der Waals surface area contributed by atoms with E-state index in [2.05, 4.69) is 10.6 Å². The average Bonchev–Trinajstić information content (AvgIpc) is 2.66. The highest BCUT2D eigenvalue weighted by Crippen LogP contribution is 2.27. The van der Waals surface area contributed by atoms with Crippen molar-refractivity contribution in [3.05, 3.63) is 56.5 Å². The summed E-state index contributed by atoms with van der Waals surface area (Å²) in [5, 5.41) is 7.24. The van der Waals surface area contributed by atoms with Crippen LogP contribution in [-0.4, -0.2) is 47.5 Å². The van der Waals surface area contributed by atoms with E-state index >= 15 is 0 Å². The number of urea groups is 2. The fraction of sp³-hybridized carbons (Fsp3) is 0.263. The van der Waals surface area contributed by atoms with E-state index in [0.717, 1.165) is 0 Å². The Morgan fingerprint density at radius 3 is 1.86 bits per heavy atom. The number of hydrogen-bond acceptors (Lipinski definition) is 2. The van der Waals surface area contributed by atoms with Crippen molar-refractivity contribution >= 4 is 69.8 Å². The van der Waals surface area contributed by atoms with Crippen LogP contribution in [-0.2, 0) is 0 Å². The topological polar surface area (TPSA) is 64.7 Å². The predicted octanol–water partition coefficient (Wildman–Crippen LogP) is 6.07. The highest BCUT2D eigenvalue weighted by atomic mass is 35.5. The van der Waals surface area contributed by atoms with Crippen LogP contribution < -0.4 is 10.6 Å². The number of benzene rings is 2. The Bertz CT molecular complexity index is 940. The molecule has 29 heavy (non-hydrogen) atoms. The lowest BCUT2D eigenvalue weighted by atomic mass is 10.2. The average molecular weight is 476 g/mol. The first kappa shape index (κ1) is 21.8. The van der Waals surface area contributed by atoms with Gasteiger partial charge in [0.05, 0.1) is 21.4 Å². The second-order valence-electron chi connectivity index (χ2n) is 6.60. The van der Waals surface area contributed by atoms with Crippen molar-refractivity contribution in [3.63, 3.8) is 0 Å². The summed E-state index contributed by atoms with van der Waals surface area (Å²) >= 11 is 24.0. The van der Waals surface area contributed by atoms with Gasteiger partial charge in [-0.3, -0.25) is 0 Å². The molecule has 0 bridgehead atoms. The van der Waals surface area contributed by atoms with Crippen LogP contribution in [0.3, 0.4) is 0 Å². The standard InChI is InChI=1S/C19H18Cl4N4O2/c1-11-10-26(18(28)24-16-4-2-12(20)8-14(16)22)6-7-27(11)19(29)25-17-5-3-13(21)9-15(17)23/h2-5,8-9,11H,6-7,10H2,1H3,(H,24,28)(H,25,29)/t11-/m0/s1. The summed E-state index contributed by atoms with van der Waals surface area (Å²) in [5.74, 6) is 0. The van der Waals surface area contributed by atoms with Gasteiger partial charge in [-0.1, -0.05) is 46.4 Å². The molecule has 3 rings (SSSR count). The van der Waals surface area contributed by atoms with E-state index in [0.29, 0.717) is 51.1 Å². The summed E-state index contributed by atoms with van der Waals surface area (Å²) in [5.41, 5.74) is 0.956. The van der Waals surface area contributed by atoms with Crippen molar-refractivity contribution in [3.8, 4) is 0 Å². The summed E-state index contributed by atoms with van der Waals surface area (Å²) < 4.78 is 0. The van der Waals surface area contributed by atoms with Crippen LogP contribution in [0.2, 0.25) is 20.1 Å². The van der Waals surface area contributed by atoms with Crippen molar-refractivity contribution < 1.29 is 9.59 Å². The van der Waals surface area contributed by atoms with Crippen molar-refractivity contribution in [1.29, 1.82) is 0 Å². The molecular formula is C19H18Cl4N4O2. The van der Waals surface area contributed by atoms with Gasteiger partial charge in [-0.25, -0.2) is 9.59 Å². The second-order valence-corrected chi connectivity index (χ2v) is 8.28. The van der Waals surface area contributed by atoms with Gasteiger partial charge in [-0.05, 0) is 43.3 Å². The molecule has 1 heterocycles. The number of amides is 4. The first-order chi connectivity index (χ1) is 13.7. The molecule has 0 aliphatic carbocycles. The third-order valence-electron chi connectivity index (χ3n) is 4.52. The molecule has 0 unspecified atom stereocenters. The van der Waals surface area contributed by atoms with Gasteiger partial charge in [0.1, 0.15) is 0 Å². The predicted molar refractivity (Wildman–Crippen MR) is 119 cm³/mol. The molecule has 2 aromatic carbocycles. The maximum atomic E-state index is 12.6. The van der Waals surface area contributed by atoms with Crippen LogP contribution >= 0.6 is 46.4 Å². The Balaban J connectivity index is 1.59. The zero-order valence-corrected chi connectivity index (χ0v) is 18.4. The zero-order valence-electron chi connectivity index (χ0n) is 15.4. The molecule has 0 saturated carbocycles. The van der Waals surface area contributed by atoms with Crippen molar-refractivity contribution in [2.75, 3.05) is 30.3 Å². The molecule has 4 amide bonds. The molecule has 1 atom stereocenters. The lowest BCUT2D eigenvalue weighted by Gasteiger charge is -2.39. The molecule has 0 radical (unpaired) electrons. The number of carbonyl (C=O) groups is 2. The molecule has 2 aromatic rings. The lowest BCUT2D eigenvalue weighted by Crippen LogP contribution is -2.57. The van der Waals surface area contributed by atoms with Gasteiger partial charge < -0.3 is 20.4 Å². The molecular weight excluding hydrogens is 458 g/mol. The van der Waals surface area contributed by atoms with Crippen LogP contribution in [0, 0.1) is 0 Å². The smallest absolute Gasteiger partial charge is 0.321 e. The van der Waals surface area contributed by atoms with Crippen LogP contribution in [0.5, 0.6) is 0 Å². The molecule has 6 nitrogen and oxygen atoms in total. The van der Waals surface area contributed by atoms with E-state index in [4.69, 9.17) is 46.4 Å². The summed E-state index contributed by atoms with van der Waals surface area (Å²) in [7, 11) is 0. The summed E-state index contributed by atoms with van der Waals surface area (Å²) in [6.07, 6.45) is 0. The van der Waals surface area contributed by atoms with Gasteiger partial charge in [0.15, 0.2) is 0 Å². The maximum absolute atomic E-state index is 12.6. The minimum atomic E-state index is -0.290. The van der Waals surface area contributed by atoms with Crippen LogP contribution in [0.4, 0.5) is 21.0 Å². The number of anilines is 2. The third kappa shape index (κ3) is 5.39. The molecule has 1 aliphatic heterocycles. The summed E-state index contributed by atoms with van der Waals surface area (Å²) in [6.45, 7) is 3.00. The Morgan fingerprint density at radius 1 is 0.862 bits per heavy atom. The zero-order chi connectivity index (χ0) is 21.1. The number of piperazine rings is 1. The Kier molecular flexibility index (Phi) is 7.01. The van der Waals surface area contributed by atoms with Crippen molar-refractivity contribution in [2.45, 2.75) is 13.0 Å². The minimum absolute atomic E-state index is 0.193. The largest absolute Gasteiger partial charge is 0.322 e. The van der Waals surface area contributed by atoms with Gasteiger partial charge in [-0.2, -0.15) is 0 Å². The maximum Gasteiger partial charge on any atom is 0.322 e. The van der Waals surface area contributed by atoms with Gasteiger partial charge in [0, 0.05) is 35.7 Å². The lowest BCUT2D eigenvalue weighted by molar-refractivity contribution is 0.124.